The van der Waals surface area contributed by atoms with Gasteiger partial charge in [-0.05, 0) is 59.3 Å². The minimum Gasteiger partial charge on any atom is -0.309 e. The second kappa shape index (κ2) is 11.3. The number of hydrogen-bond donors (Lipinski definition) is 0. The van der Waals surface area contributed by atoms with Crippen LogP contribution in [0.15, 0.2) is 77.5 Å². The van der Waals surface area contributed by atoms with Crippen molar-refractivity contribution in [1.29, 1.82) is 0 Å². The molecule has 0 bridgehead atoms. The van der Waals surface area contributed by atoms with E-state index in [-0.39, 0.29) is 24.4 Å². The second-order valence-corrected chi connectivity index (χ2v) is 8.50. The number of carbonyl (C=O) groups is 1. The normalized spacial score (nSPS) is 14.8. The summed E-state index contributed by atoms with van der Waals surface area (Å²) in [4.78, 5) is 17.8. The topological polar surface area (TPSA) is 23.6 Å². The van der Waals surface area contributed by atoms with Crippen LogP contribution in [0.3, 0.4) is 0 Å². The van der Waals surface area contributed by atoms with E-state index < -0.39 is 0 Å². The van der Waals surface area contributed by atoms with E-state index in [0.717, 1.165) is 50.1 Å². The Morgan fingerprint density at radius 3 is 2.23 bits per heavy atom. The van der Waals surface area contributed by atoms with Gasteiger partial charge in [0.2, 0.25) is 5.91 Å². The number of piperidine rings is 1. The van der Waals surface area contributed by atoms with Gasteiger partial charge < -0.3 is 9.80 Å². The van der Waals surface area contributed by atoms with Crippen LogP contribution in [-0.2, 0) is 17.6 Å². The maximum Gasteiger partial charge on any atom is 0.231 e. The van der Waals surface area contributed by atoms with E-state index in [1.54, 1.807) is 11.3 Å². The van der Waals surface area contributed by atoms with Crippen molar-refractivity contribution in [3.8, 4) is 0 Å². The Balaban J connectivity index is 0.00000256. The van der Waals surface area contributed by atoms with Crippen molar-refractivity contribution in [3.05, 3.63) is 88.6 Å². The van der Waals surface area contributed by atoms with E-state index in [1.165, 1.54) is 5.56 Å². The molecule has 1 aromatic heterocycles. The summed E-state index contributed by atoms with van der Waals surface area (Å²) < 4.78 is 0. The molecule has 0 radical (unpaired) electrons. The zero-order valence-corrected chi connectivity index (χ0v) is 18.8. The molecule has 1 saturated heterocycles. The lowest BCUT2D eigenvalue weighted by Gasteiger charge is -2.38. The average molecular weight is 441 g/mol. The number of amides is 1. The first-order chi connectivity index (χ1) is 14.3. The number of para-hydroxylation sites is 1. The highest BCUT2D eigenvalue weighted by molar-refractivity contribution is 7.08. The number of nitrogens with zero attached hydrogens (tertiary/aromatic N) is 2. The lowest BCUT2D eigenvalue weighted by atomic mass is 10.0. The third kappa shape index (κ3) is 5.94. The van der Waals surface area contributed by atoms with Crippen molar-refractivity contribution in [2.45, 2.75) is 31.7 Å². The van der Waals surface area contributed by atoms with Gasteiger partial charge in [0, 0.05) is 31.4 Å². The summed E-state index contributed by atoms with van der Waals surface area (Å²) in [5.41, 5.74) is 3.53. The van der Waals surface area contributed by atoms with Crippen LogP contribution in [0.4, 0.5) is 5.69 Å². The Morgan fingerprint density at radius 1 is 0.933 bits per heavy atom. The van der Waals surface area contributed by atoms with Crippen molar-refractivity contribution in [3.63, 3.8) is 0 Å². The summed E-state index contributed by atoms with van der Waals surface area (Å²) in [7, 11) is 0. The van der Waals surface area contributed by atoms with Crippen molar-refractivity contribution >= 4 is 35.3 Å². The molecule has 0 saturated carbocycles. The SMILES string of the molecule is Cl.O=C(Cc1ccsc1)N(c1ccccc1)C1CCN(CCc2ccccc2)CC1. The third-order valence-corrected chi connectivity index (χ3v) is 6.45. The molecule has 2 aromatic carbocycles. The minimum absolute atomic E-state index is 0. The number of anilines is 1. The van der Waals surface area contributed by atoms with Crippen LogP contribution >= 0.6 is 23.7 Å². The molecule has 1 aliphatic heterocycles. The molecular weight excluding hydrogens is 412 g/mol. The molecule has 4 rings (SSSR count). The van der Waals surface area contributed by atoms with Gasteiger partial charge in [0.1, 0.15) is 0 Å². The Hall–Kier alpha value is -2.14. The van der Waals surface area contributed by atoms with Gasteiger partial charge in [-0.3, -0.25) is 4.79 Å². The Bertz CT molecular complexity index is 878. The standard InChI is InChI=1S/C25H28N2OS.ClH/c28-25(19-22-14-18-29-20-22)27(23-9-5-2-6-10-23)24-12-16-26(17-13-24)15-11-21-7-3-1-4-8-21;/h1-10,14,18,20,24H,11-13,15-17,19H2;1H. The van der Waals surface area contributed by atoms with Crippen LogP contribution in [0.1, 0.15) is 24.0 Å². The van der Waals surface area contributed by atoms with Crippen LogP contribution < -0.4 is 4.90 Å². The number of rotatable bonds is 7. The van der Waals surface area contributed by atoms with E-state index >= 15 is 0 Å². The van der Waals surface area contributed by atoms with E-state index in [9.17, 15) is 4.79 Å². The second-order valence-electron chi connectivity index (χ2n) is 7.72. The fourth-order valence-electron chi connectivity index (χ4n) is 4.13. The Labute approximate surface area is 189 Å². The first kappa shape index (κ1) is 22.5. The van der Waals surface area contributed by atoms with Crippen molar-refractivity contribution in [1.82, 2.24) is 4.90 Å². The molecule has 3 nitrogen and oxygen atoms in total. The first-order valence-corrected chi connectivity index (χ1v) is 11.4. The zero-order chi connectivity index (χ0) is 19.9. The Morgan fingerprint density at radius 2 is 1.60 bits per heavy atom. The first-order valence-electron chi connectivity index (χ1n) is 10.4. The lowest BCUT2D eigenvalue weighted by Crippen LogP contribution is -2.48. The molecule has 0 aliphatic carbocycles. The highest BCUT2D eigenvalue weighted by atomic mass is 35.5. The van der Waals surface area contributed by atoms with Gasteiger partial charge in [-0.1, -0.05) is 48.5 Å². The quantitative estimate of drug-likeness (QED) is 0.487. The number of benzene rings is 2. The fourth-order valence-corrected chi connectivity index (χ4v) is 4.80. The van der Waals surface area contributed by atoms with Crippen LogP contribution in [0.5, 0.6) is 0 Å². The van der Waals surface area contributed by atoms with E-state index in [2.05, 4.69) is 63.7 Å². The van der Waals surface area contributed by atoms with Crippen LogP contribution in [0.25, 0.3) is 0 Å². The van der Waals surface area contributed by atoms with Crippen molar-refractivity contribution in [2.24, 2.45) is 0 Å². The monoisotopic (exact) mass is 440 g/mol. The number of carbonyl (C=O) groups excluding carboxylic acids is 1. The Kier molecular flexibility index (Phi) is 8.50. The van der Waals surface area contributed by atoms with Crippen molar-refractivity contribution in [2.75, 3.05) is 24.5 Å². The molecule has 2 heterocycles. The summed E-state index contributed by atoms with van der Waals surface area (Å²) in [6.07, 6.45) is 3.62. The molecular formula is C25H29ClN2OS. The predicted octanol–water partition coefficient (Wildman–Crippen LogP) is 5.45. The summed E-state index contributed by atoms with van der Waals surface area (Å²) in [5.74, 6) is 0.206. The molecule has 158 valence electrons. The van der Waals surface area contributed by atoms with Gasteiger partial charge in [-0.25, -0.2) is 0 Å². The summed E-state index contributed by atoms with van der Waals surface area (Å²) in [5, 5.41) is 4.12. The molecule has 3 aromatic rings. The largest absolute Gasteiger partial charge is 0.309 e. The molecule has 1 amide bonds. The maximum absolute atomic E-state index is 13.2. The van der Waals surface area contributed by atoms with Gasteiger partial charge in [-0.2, -0.15) is 11.3 Å². The van der Waals surface area contributed by atoms with Gasteiger partial charge in [-0.15, -0.1) is 12.4 Å². The molecule has 0 spiro atoms. The molecule has 0 N–H and O–H groups in total. The third-order valence-electron chi connectivity index (χ3n) is 5.72. The van der Waals surface area contributed by atoms with E-state index in [1.807, 2.05) is 23.6 Å². The predicted molar refractivity (Wildman–Crippen MR) is 129 cm³/mol. The lowest BCUT2D eigenvalue weighted by molar-refractivity contribution is -0.118. The molecule has 0 unspecified atom stereocenters. The van der Waals surface area contributed by atoms with Gasteiger partial charge >= 0.3 is 0 Å². The summed E-state index contributed by atoms with van der Waals surface area (Å²) >= 11 is 1.65. The number of thiophene rings is 1. The molecule has 30 heavy (non-hydrogen) atoms. The van der Waals surface area contributed by atoms with E-state index in [4.69, 9.17) is 0 Å². The van der Waals surface area contributed by atoms with Gasteiger partial charge in [0.25, 0.3) is 0 Å². The number of hydrogen-bond acceptors (Lipinski definition) is 3. The molecule has 0 atom stereocenters. The highest BCUT2D eigenvalue weighted by Gasteiger charge is 2.29. The average Bonchev–Trinajstić information content (AvgIpc) is 3.28. The van der Waals surface area contributed by atoms with Gasteiger partial charge in [0.05, 0.1) is 6.42 Å². The van der Waals surface area contributed by atoms with Gasteiger partial charge in [0.15, 0.2) is 0 Å². The molecule has 5 heteroatoms. The maximum atomic E-state index is 13.2. The minimum atomic E-state index is 0. The summed E-state index contributed by atoms with van der Waals surface area (Å²) in [6, 6.07) is 23.2. The zero-order valence-electron chi connectivity index (χ0n) is 17.2. The van der Waals surface area contributed by atoms with Crippen LogP contribution in [0.2, 0.25) is 0 Å². The van der Waals surface area contributed by atoms with E-state index in [0.29, 0.717) is 6.42 Å². The fraction of sp³-hybridized carbons (Fsp3) is 0.320. The highest BCUT2D eigenvalue weighted by Crippen LogP contribution is 2.25. The molecule has 1 aliphatic rings. The number of likely N-dealkylation sites (tertiary alicyclic amines) is 1. The summed E-state index contributed by atoms with van der Waals surface area (Å²) in [6.45, 7) is 3.18. The van der Waals surface area contributed by atoms with Crippen LogP contribution in [0, 0.1) is 0 Å². The van der Waals surface area contributed by atoms with Crippen molar-refractivity contribution < 1.29 is 4.79 Å². The van der Waals surface area contributed by atoms with Crippen LogP contribution in [-0.4, -0.2) is 36.5 Å². The number of halogens is 1. The smallest absolute Gasteiger partial charge is 0.231 e. The molecule has 1 fully saturated rings.